The van der Waals surface area contributed by atoms with Crippen LogP contribution in [0.5, 0.6) is 0 Å². The van der Waals surface area contributed by atoms with Crippen LogP contribution in [-0.2, 0) is 11.2 Å². The first-order chi connectivity index (χ1) is 19.3. The highest BCUT2D eigenvalue weighted by Crippen LogP contribution is 2.34. The maximum atomic E-state index is 13.6. The lowest BCUT2D eigenvalue weighted by atomic mass is 10.1. The van der Waals surface area contributed by atoms with Gasteiger partial charge in [-0.3, -0.25) is 9.59 Å². The average molecular weight is 658 g/mol. The van der Waals surface area contributed by atoms with Gasteiger partial charge in [0.1, 0.15) is 12.4 Å². The van der Waals surface area contributed by atoms with Crippen molar-refractivity contribution in [2.45, 2.75) is 6.42 Å². The van der Waals surface area contributed by atoms with Gasteiger partial charge < -0.3 is 16.1 Å². The van der Waals surface area contributed by atoms with Crippen LogP contribution in [0.1, 0.15) is 11.4 Å². The lowest BCUT2D eigenvalue weighted by molar-refractivity contribution is -0.114. The molecule has 0 aliphatic carbocycles. The fraction of sp³-hybridized carbons (Fsp3) is 0.0690. The second kappa shape index (κ2) is 12.3. The molecule has 0 unspecified atom stereocenters. The molecule has 0 saturated heterocycles. The largest absolute Gasteiger partial charge is 0.353 e. The Labute approximate surface area is 253 Å². The van der Waals surface area contributed by atoms with E-state index >= 15 is 0 Å². The van der Waals surface area contributed by atoms with Crippen molar-refractivity contribution in [1.29, 1.82) is 0 Å². The summed E-state index contributed by atoms with van der Waals surface area (Å²) in [5, 5.41) is 8.00. The molecule has 1 heterocycles. The molecule has 4 aromatic carbocycles. The van der Waals surface area contributed by atoms with Crippen LogP contribution in [0.2, 0.25) is 15.1 Å². The Kier molecular flexibility index (Phi) is 8.61. The van der Waals surface area contributed by atoms with E-state index < -0.39 is 0 Å². The zero-order chi connectivity index (χ0) is 28.2. The molecule has 11 heteroatoms. The van der Waals surface area contributed by atoms with Crippen molar-refractivity contribution in [1.82, 2.24) is 9.66 Å². The third-order valence-corrected chi connectivity index (χ3v) is 7.39. The Balaban J connectivity index is 1.48. The van der Waals surface area contributed by atoms with E-state index in [0.717, 1.165) is 15.7 Å². The Hall–Kier alpha value is -3.56. The van der Waals surface area contributed by atoms with E-state index in [1.165, 1.54) is 4.68 Å². The first-order valence-electron chi connectivity index (χ1n) is 12.1. The number of para-hydroxylation sites is 2. The van der Waals surface area contributed by atoms with E-state index in [9.17, 15) is 9.59 Å². The molecule has 0 bridgehead atoms. The number of nitrogens with one attached hydrogen (secondary N) is 3. The molecule has 7 nitrogen and oxygen atoms in total. The Bertz CT molecular complexity index is 1760. The van der Waals surface area contributed by atoms with Crippen molar-refractivity contribution in [2.24, 2.45) is 0 Å². The van der Waals surface area contributed by atoms with Crippen molar-refractivity contribution >= 4 is 84.6 Å². The topological polar surface area (TPSA) is 88.1 Å². The maximum absolute atomic E-state index is 13.6. The molecule has 202 valence electrons. The summed E-state index contributed by atoms with van der Waals surface area (Å²) in [6.07, 6.45) is 0.262. The lowest BCUT2D eigenvalue weighted by Crippen LogP contribution is -2.37. The first-order valence-corrected chi connectivity index (χ1v) is 14.0. The molecule has 0 saturated carbocycles. The predicted molar refractivity (Wildman–Crippen MR) is 167 cm³/mol. The molecular weight excluding hydrogens is 637 g/mol. The van der Waals surface area contributed by atoms with Gasteiger partial charge in [-0.05, 0) is 66.2 Å². The molecule has 1 amide bonds. The smallest absolute Gasteiger partial charge is 0.280 e. The average Bonchev–Trinajstić information content (AvgIpc) is 2.93. The third kappa shape index (κ3) is 6.42. The summed E-state index contributed by atoms with van der Waals surface area (Å²) in [4.78, 5) is 31.1. The molecule has 5 aromatic rings. The van der Waals surface area contributed by atoms with Crippen molar-refractivity contribution in [3.05, 3.63) is 126 Å². The molecule has 0 atom stereocenters. The molecule has 0 spiro atoms. The van der Waals surface area contributed by atoms with Crippen LogP contribution in [0.4, 0.5) is 17.1 Å². The normalized spacial score (nSPS) is 10.9. The fourth-order valence-electron chi connectivity index (χ4n) is 4.09. The van der Waals surface area contributed by atoms with Gasteiger partial charge in [-0.2, -0.15) is 0 Å². The molecule has 0 aliphatic rings. The number of hydrogen-bond acceptors (Lipinski definition) is 5. The molecule has 0 radical (unpaired) electrons. The van der Waals surface area contributed by atoms with Gasteiger partial charge in [0.2, 0.25) is 5.91 Å². The monoisotopic (exact) mass is 655 g/mol. The summed E-state index contributed by atoms with van der Waals surface area (Å²) in [7, 11) is 0. The first kappa shape index (κ1) is 28.0. The third-order valence-electron chi connectivity index (χ3n) is 6.01. The second-order valence-corrected chi connectivity index (χ2v) is 10.9. The van der Waals surface area contributed by atoms with Gasteiger partial charge in [0.05, 0.1) is 26.6 Å². The highest BCUT2D eigenvalue weighted by molar-refractivity contribution is 9.10. The van der Waals surface area contributed by atoms with Gasteiger partial charge >= 0.3 is 0 Å². The maximum Gasteiger partial charge on any atom is 0.280 e. The number of nitrogens with zero attached hydrogens (tertiary/aromatic N) is 2. The van der Waals surface area contributed by atoms with E-state index in [-0.39, 0.29) is 24.4 Å². The van der Waals surface area contributed by atoms with Gasteiger partial charge in [0, 0.05) is 27.3 Å². The highest BCUT2D eigenvalue weighted by Gasteiger charge is 2.16. The zero-order valence-electron chi connectivity index (χ0n) is 20.7. The van der Waals surface area contributed by atoms with E-state index in [0.29, 0.717) is 43.2 Å². The minimum absolute atomic E-state index is 0.175. The van der Waals surface area contributed by atoms with Crippen LogP contribution in [0, 0.1) is 0 Å². The lowest BCUT2D eigenvalue weighted by Gasteiger charge is -2.18. The summed E-state index contributed by atoms with van der Waals surface area (Å²) in [5.41, 5.74) is 5.90. The summed E-state index contributed by atoms with van der Waals surface area (Å²) >= 11 is 22.1. The van der Waals surface area contributed by atoms with Gasteiger partial charge in [0.25, 0.3) is 5.56 Å². The number of benzene rings is 4. The summed E-state index contributed by atoms with van der Waals surface area (Å²) in [5.74, 6) is 0.0727. The minimum Gasteiger partial charge on any atom is -0.353 e. The Morgan fingerprint density at radius 1 is 0.900 bits per heavy atom. The second-order valence-electron chi connectivity index (χ2n) is 8.78. The van der Waals surface area contributed by atoms with Crippen molar-refractivity contribution in [2.75, 3.05) is 22.6 Å². The fourth-order valence-corrected chi connectivity index (χ4v) is 5.07. The number of anilines is 3. The number of aromatic nitrogens is 2. The van der Waals surface area contributed by atoms with E-state index in [1.54, 1.807) is 54.6 Å². The van der Waals surface area contributed by atoms with Crippen LogP contribution < -0.4 is 21.6 Å². The Morgan fingerprint density at radius 3 is 2.38 bits per heavy atom. The van der Waals surface area contributed by atoms with Gasteiger partial charge in [-0.25, -0.2) is 9.66 Å². The number of carbonyl (C=O) groups is 1. The summed E-state index contributed by atoms with van der Waals surface area (Å²) in [6, 6.07) is 24.9. The SMILES string of the molecule is O=C(CNn1c(Cc2ccccc2Nc2c(Cl)cccc2Cl)nc2ccc(Br)cc2c1=O)Nc1ccc(Cl)cc1. The molecule has 3 N–H and O–H groups in total. The zero-order valence-corrected chi connectivity index (χ0v) is 24.6. The van der Waals surface area contributed by atoms with Crippen LogP contribution in [-0.4, -0.2) is 22.1 Å². The Morgan fingerprint density at radius 2 is 1.62 bits per heavy atom. The van der Waals surface area contributed by atoms with Crippen LogP contribution in [0.15, 0.2) is 94.2 Å². The number of rotatable bonds is 8. The highest BCUT2D eigenvalue weighted by atomic mass is 79.9. The quantitative estimate of drug-likeness (QED) is 0.160. The van der Waals surface area contributed by atoms with Crippen LogP contribution in [0.3, 0.4) is 0 Å². The molecule has 1 aromatic heterocycles. The summed E-state index contributed by atoms with van der Waals surface area (Å²) in [6.45, 7) is -0.175. The van der Waals surface area contributed by atoms with E-state index in [2.05, 4.69) is 32.0 Å². The molecule has 5 rings (SSSR count). The molecule has 0 aliphatic heterocycles. The van der Waals surface area contributed by atoms with E-state index in [4.69, 9.17) is 39.8 Å². The number of fused-ring (bicyclic) bond motifs is 1. The molecule has 0 fully saturated rings. The number of amides is 1. The molecule has 40 heavy (non-hydrogen) atoms. The van der Waals surface area contributed by atoms with Crippen LogP contribution in [0.25, 0.3) is 10.9 Å². The van der Waals surface area contributed by atoms with Gasteiger partial charge in [-0.1, -0.05) is 75.0 Å². The number of halogens is 4. The van der Waals surface area contributed by atoms with Gasteiger partial charge in [-0.15, -0.1) is 0 Å². The number of hydrogen-bond donors (Lipinski definition) is 3. The van der Waals surface area contributed by atoms with Gasteiger partial charge in [0.15, 0.2) is 0 Å². The van der Waals surface area contributed by atoms with Crippen molar-refractivity contribution in [3.63, 3.8) is 0 Å². The van der Waals surface area contributed by atoms with Crippen LogP contribution >= 0.6 is 50.7 Å². The number of carbonyl (C=O) groups excluding carboxylic acids is 1. The molecular formula is C29H21BrCl3N5O2. The predicted octanol–water partition coefficient (Wildman–Crippen LogP) is 7.64. The van der Waals surface area contributed by atoms with Crippen molar-refractivity contribution < 1.29 is 4.79 Å². The standard InChI is InChI=1S/C29H21BrCl3N5O2/c30-18-8-13-25-21(15-18)29(40)38(34-16-27(39)35-20-11-9-19(31)10-12-20)26(36-25)14-17-4-1-2-7-24(17)37-28-22(32)5-3-6-23(28)33/h1-13,15,34,37H,14,16H2,(H,35,39). The minimum atomic E-state index is -0.343. The summed E-state index contributed by atoms with van der Waals surface area (Å²) < 4.78 is 2.06. The van der Waals surface area contributed by atoms with E-state index in [1.807, 2.05) is 30.3 Å². The van der Waals surface area contributed by atoms with Crippen molar-refractivity contribution in [3.8, 4) is 0 Å².